The Bertz CT molecular complexity index is 492. The van der Waals surface area contributed by atoms with Crippen LogP contribution in [0.5, 0.6) is 0 Å². The molecule has 128 valence electrons. The van der Waals surface area contributed by atoms with Gasteiger partial charge in [0.1, 0.15) is 5.76 Å². The van der Waals surface area contributed by atoms with E-state index in [0.717, 1.165) is 25.1 Å². The molecule has 23 heavy (non-hydrogen) atoms. The van der Waals surface area contributed by atoms with Gasteiger partial charge >= 0.3 is 0 Å². The zero-order chi connectivity index (χ0) is 16.2. The second kappa shape index (κ2) is 7.49. The van der Waals surface area contributed by atoms with Crippen molar-refractivity contribution in [3.8, 4) is 0 Å². The minimum absolute atomic E-state index is 0.118. The van der Waals surface area contributed by atoms with Gasteiger partial charge in [-0.3, -0.25) is 9.69 Å². The van der Waals surface area contributed by atoms with Gasteiger partial charge in [0, 0.05) is 13.1 Å². The Balaban J connectivity index is 1.67. The number of hydrogen-bond donors (Lipinski definition) is 0. The maximum Gasteiger partial charge on any atom is 0.236 e. The Labute approximate surface area is 138 Å². The van der Waals surface area contributed by atoms with E-state index < -0.39 is 0 Å². The molecule has 0 saturated carbocycles. The van der Waals surface area contributed by atoms with Crippen LogP contribution >= 0.6 is 0 Å². The van der Waals surface area contributed by atoms with Gasteiger partial charge in [0.25, 0.3) is 0 Å². The fourth-order valence-electron chi connectivity index (χ4n) is 3.82. The molecule has 3 rings (SSSR count). The molecule has 3 unspecified atom stereocenters. The number of rotatable bonds is 3. The van der Waals surface area contributed by atoms with Gasteiger partial charge in [0.15, 0.2) is 0 Å². The van der Waals surface area contributed by atoms with E-state index in [1.165, 1.54) is 12.8 Å². The second-order valence-corrected chi connectivity index (χ2v) is 6.91. The molecule has 0 N–H and O–H groups in total. The Hall–Kier alpha value is -1.33. The highest BCUT2D eigenvalue weighted by atomic mass is 16.5. The Morgan fingerprint density at radius 3 is 2.70 bits per heavy atom. The quantitative estimate of drug-likeness (QED) is 0.859. The van der Waals surface area contributed by atoms with Crippen LogP contribution in [0, 0.1) is 0 Å². The van der Waals surface area contributed by atoms with E-state index in [9.17, 15) is 4.79 Å². The first-order valence-corrected chi connectivity index (χ1v) is 8.84. The van der Waals surface area contributed by atoms with Crippen molar-refractivity contribution in [2.24, 2.45) is 0 Å². The molecule has 0 spiro atoms. The smallest absolute Gasteiger partial charge is 0.236 e. The highest BCUT2D eigenvalue weighted by Gasteiger charge is 2.30. The highest BCUT2D eigenvalue weighted by Crippen LogP contribution is 2.30. The summed E-state index contributed by atoms with van der Waals surface area (Å²) in [5.41, 5.74) is 0. The molecular weight excluding hydrogens is 292 g/mol. The summed E-state index contributed by atoms with van der Waals surface area (Å²) in [7, 11) is 0. The lowest BCUT2D eigenvalue weighted by atomic mass is 10.1. The van der Waals surface area contributed by atoms with Crippen LogP contribution in [0.25, 0.3) is 0 Å². The van der Waals surface area contributed by atoms with Gasteiger partial charge < -0.3 is 14.1 Å². The lowest BCUT2D eigenvalue weighted by molar-refractivity contribution is -0.145. The first-order chi connectivity index (χ1) is 11.1. The van der Waals surface area contributed by atoms with Crippen molar-refractivity contribution in [1.82, 2.24) is 9.80 Å². The predicted molar refractivity (Wildman–Crippen MR) is 88.1 cm³/mol. The van der Waals surface area contributed by atoms with Gasteiger partial charge in [-0.05, 0) is 45.4 Å². The third-order valence-corrected chi connectivity index (χ3v) is 4.85. The van der Waals surface area contributed by atoms with E-state index in [1.54, 1.807) is 6.26 Å². The third-order valence-electron chi connectivity index (χ3n) is 4.85. The number of ether oxygens (including phenoxy) is 1. The summed E-state index contributed by atoms with van der Waals surface area (Å²) in [4.78, 5) is 17.0. The van der Waals surface area contributed by atoms with E-state index >= 15 is 0 Å². The van der Waals surface area contributed by atoms with Crippen molar-refractivity contribution in [3.63, 3.8) is 0 Å². The number of morpholine rings is 1. The van der Waals surface area contributed by atoms with E-state index in [0.29, 0.717) is 19.6 Å². The molecule has 3 heterocycles. The average molecular weight is 320 g/mol. The molecule has 2 aliphatic rings. The lowest BCUT2D eigenvalue weighted by Crippen LogP contribution is -2.51. The summed E-state index contributed by atoms with van der Waals surface area (Å²) in [5.74, 6) is 1.20. The normalized spacial score (nSPS) is 30.2. The molecule has 0 aromatic carbocycles. The van der Waals surface area contributed by atoms with Crippen molar-refractivity contribution >= 4 is 5.91 Å². The number of carbonyl (C=O) groups is 1. The summed E-state index contributed by atoms with van der Waals surface area (Å²) in [5, 5.41) is 0. The average Bonchev–Trinajstić information content (AvgIpc) is 2.94. The van der Waals surface area contributed by atoms with Crippen LogP contribution in [0.4, 0.5) is 0 Å². The van der Waals surface area contributed by atoms with Crippen LogP contribution in [0.15, 0.2) is 22.8 Å². The van der Waals surface area contributed by atoms with Gasteiger partial charge in [-0.25, -0.2) is 0 Å². The van der Waals surface area contributed by atoms with E-state index in [4.69, 9.17) is 9.15 Å². The van der Waals surface area contributed by atoms with Crippen molar-refractivity contribution in [2.75, 3.05) is 26.2 Å². The topological polar surface area (TPSA) is 45.9 Å². The molecule has 3 atom stereocenters. The number of furan rings is 1. The maximum absolute atomic E-state index is 12.8. The van der Waals surface area contributed by atoms with Gasteiger partial charge in [-0.2, -0.15) is 0 Å². The maximum atomic E-state index is 12.8. The number of carbonyl (C=O) groups excluding carboxylic acids is 1. The van der Waals surface area contributed by atoms with Crippen LogP contribution in [-0.4, -0.2) is 54.1 Å². The first kappa shape index (κ1) is 16.5. The molecule has 0 radical (unpaired) electrons. The van der Waals surface area contributed by atoms with Crippen LogP contribution in [0.1, 0.15) is 51.3 Å². The monoisotopic (exact) mass is 320 g/mol. The molecule has 0 bridgehead atoms. The van der Waals surface area contributed by atoms with E-state index in [2.05, 4.69) is 4.90 Å². The van der Waals surface area contributed by atoms with Crippen molar-refractivity contribution in [3.05, 3.63) is 24.2 Å². The summed E-state index contributed by atoms with van der Waals surface area (Å²) in [6, 6.07) is 4.20. The SMILES string of the molecule is CC1CN(C(=O)CN2CCCCCC2c2ccco2)CC(C)O1. The van der Waals surface area contributed by atoms with Crippen LogP contribution in [0.2, 0.25) is 0 Å². The summed E-state index contributed by atoms with van der Waals surface area (Å²) in [6.07, 6.45) is 6.61. The van der Waals surface area contributed by atoms with Crippen LogP contribution in [0.3, 0.4) is 0 Å². The summed E-state index contributed by atoms with van der Waals surface area (Å²) >= 11 is 0. The van der Waals surface area contributed by atoms with E-state index in [-0.39, 0.29) is 24.2 Å². The zero-order valence-electron chi connectivity index (χ0n) is 14.2. The van der Waals surface area contributed by atoms with Gasteiger partial charge in [-0.1, -0.05) is 12.8 Å². The minimum Gasteiger partial charge on any atom is -0.468 e. The lowest BCUT2D eigenvalue weighted by Gasteiger charge is -2.37. The number of amides is 1. The summed E-state index contributed by atoms with van der Waals surface area (Å²) in [6.45, 7) is 6.91. The standard InChI is InChI=1S/C18H28N2O3/c1-14-11-20(12-15(2)23-14)18(21)13-19-9-5-3-4-7-16(19)17-8-6-10-22-17/h6,8,10,14-16H,3-5,7,9,11-13H2,1-2H3. The van der Waals surface area contributed by atoms with Crippen LogP contribution < -0.4 is 0 Å². The number of likely N-dealkylation sites (tertiary alicyclic amines) is 1. The Morgan fingerprint density at radius 2 is 2.00 bits per heavy atom. The fraction of sp³-hybridized carbons (Fsp3) is 0.722. The second-order valence-electron chi connectivity index (χ2n) is 6.91. The molecule has 1 aromatic rings. The first-order valence-electron chi connectivity index (χ1n) is 8.84. The van der Waals surface area contributed by atoms with Gasteiger partial charge in [0.05, 0.1) is 31.1 Å². The molecule has 1 aromatic heterocycles. The van der Waals surface area contributed by atoms with Gasteiger partial charge in [0.2, 0.25) is 5.91 Å². The predicted octanol–water partition coefficient (Wildman–Crippen LogP) is 2.83. The van der Waals surface area contributed by atoms with Crippen molar-refractivity contribution in [1.29, 1.82) is 0 Å². The molecule has 5 heteroatoms. The molecule has 2 saturated heterocycles. The fourth-order valence-corrected chi connectivity index (χ4v) is 3.82. The molecule has 1 amide bonds. The summed E-state index contributed by atoms with van der Waals surface area (Å²) < 4.78 is 11.4. The third kappa shape index (κ3) is 4.15. The Kier molecular flexibility index (Phi) is 5.38. The number of nitrogens with zero attached hydrogens (tertiary/aromatic N) is 2. The van der Waals surface area contributed by atoms with Gasteiger partial charge in [-0.15, -0.1) is 0 Å². The zero-order valence-corrected chi connectivity index (χ0v) is 14.2. The Morgan fingerprint density at radius 1 is 1.22 bits per heavy atom. The van der Waals surface area contributed by atoms with Crippen LogP contribution in [-0.2, 0) is 9.53 Å². The molecule has 2 aliphatic heterocycles. The minimum atomic E-state index is 0.118. The van der Waals surface area contributed by atoms with Crippen molar-refractivity contribution in [2.45, 2.75) is 57.8 Å². The largest absolute Gasteiger partial charge is 0.468 e. The molecule has 5 nitrogen and oxygen atoms in total. The molecule has 0 aliphatic carbocycles. The highest BCUT2D eigenvalue weighted by molar-refractivity contribution is 5.78. The van der Waals surface area contributed by atoms with E-state index in [1.807, 2.05) is 30.9 Å². The van der Waals surface area contributed by atoms with Crippen molar-refractivity contribution < 1.29 is 13.9 Å². The molecular formula is C18H28N2O3. The molecule has 2 fully saturated rings. The number of hydrogen-bond acceptors (Lipinski definition) is 4.